The average molecular weight is 429 g/mol. The molecule has 0 atom stereocenters. The largest absolute Gasteiger partial charge is 0.322 e. The molecule has 0 saturated heterocycles. The van der Waals surface area contributed by atoms with E-state index >= 15 is 0 Å². The number of anilines is 1. The number of aromatic amines is 1. The van der Waals surface area contributed by atoms with Crippen molar-refractivity contribution in [3.05, 3.63) is 112 Å². The maximum atomic E-state index is 13.2. The Labute approximate surface area is 185 Å². The van der Waals surface area contributed by atoms with Crippen LogP contribution in [0.2, 0.25) is 0 Å². The first-order chi connectivity index (χ1) is 15.5. The van der Waals surface area contributed by atoms with Crippen molar-refractivity contribution in [1.82, 2.24) is 9.88 Å². The van der Waals surface area contributed by atoms with E-state index < -0.39 is 0 Å². The van der Waals surface area contributed by atoms with Crippen LogP contribution < -0.4 is 10.9 Å². The molecule has 0 aliphatic rings. The first kappa shape index (κ1) is 21.3. The highest BCUT2D eigenvalue weighted by Gasteiger charge is 2.17. The van der Waals surface area contributed by atoms with Gasteiger partial charge >= 0.3 is 6.03 Å². The van der Waals surface area contributed by atoms with Crippen LogP contribution >= 0.6 is 0 Å². The number of benzene rings is 3. The van der Waals surface area contributed by atoms with Gasteiger partial charge in [-0.2, -0.15) is 0 Å². The highest BCUT2D eigenvalue weighted by atomic mass is 19.1. The molecule has 0 aliphatic carbocycles. The number of hydrogen-bond acceptors (Lipinski definition) is 2. The van der Waals surface area contributed by atoms with E-state index in [1.807, 2.05) is 48.5 Å². The van der Waals surface area contributed by atoms with Gasteiger partial charge in [-0.15, -0.1) is 0 Å². The number of carbonyl (C=O) groups excluding carboxylic acids is 1. The topological polar surface area (TPSA) is 65.2 Å². The Hall–Kier alpha value is -3.93. The summed E-state index contributed by atoms with van der Waals surface area (Å²) < 4.78 is 13.2. The molecule has 0 aliphatic heterocycles. The third-order valence-corrected chi connectivity index (χ3v) is 5.35. The Morgan fingerprint density at radius 2 is 1.69 bits per heavy atom. The summed E-state index contributed by atoms with van der Waals surface area (Å²) in [7, 11) is 0. The molecule has 4 rings (SSSR count). The minimum Gasteiger partial charge on any atom is -0.322 e. The number of pyridine rings is 1. The fraction of sp³-hybridized carbons (Fsp3) is 0.154. The maximum Gasteiger partial charge on any atom is 0.322 e. The van der Waals surface area contributed by atoms with E-state index in [1.54, 1.807) is 4.90 Å². The number of amides is 2. The van der Waals surface area contributed by atoms with Gasteiger partial charge in [0.2, 0.25) is 0 Å². The molecule has 6 heteroatoms. The van der Waals surface area contributed by atoms with E-state index in [4.69, 9.17) is 0 Å². The Morgan fingerprint density at radius 3 is 2.41 bits per heavy atom. The number of H-pyrrole nitrogens is 1. The van der Waals surface area contributed by atoms with Crippen LogP contribution in [-0.4, -0.2) is 15.9 Å². The number of carbonyl (C=O) groups is 1. The zero-order chi connectivity index (χ0) is 22.5. The third kappa shape index (κ3) is 5.03. The first-order valence-corrected chi connectivity index (χ1v) is 10.5. The number of urea groups is 1. The van der Waals surface area contributed by atoms with Crippen molar-refractivity contribution in [2.24, 2.45) is 0 Å². The Kier molecular flexibility index (Phi) is 6.31. The number of halogens is 1. The van der Waals surface area contributed by atoms with Crippen LogP contribution in [0.5, 0.6) is 0 Å². The zero-order valence-electron chi connectivity index (χ0n) is 17.8. The fourth-order valence-electron chi connectivity index (χ4n) is 3.58. The van der Waals surface area contributed by atoms with Gasteiger partial charge in [0.05, 0.1) is 6.54 Å². The van der Waals surface area contributed by atoms with E-state index in [0.29, 0.717) is 17.8 Å². The second-order valence-electron chi connectivity index (χ2n) is 7.68. The number of nitrogens with zero attached hydrogens (tertiary/aromatic N) is 1. The molecule has 1 aromatic heterocycles. The molecule has 0 radical (unpaired) electrons. The molecule has 2 N–H and O–H groups in total. The average Bonchev–Trinajstić information content (AvgIpc) is 2.81. The Bertz CT molecular complexity index is 1280. The van der Waals surface area contributed by atoms with Crippen LogP contribution in [0.1, 0.15) is 23.6 Å². The van der Waals surface area contributed by atoms with Crippen molar-refractivity contribution >= 4 is 22.6 Å². The monoisotopic (exact) mass is 429 g/mol. The van der Waals surface area contributed by atoms with E-state index in [-0.39, 0.29) is 24.0 Å². The molecule has 32 heavy (non-hydrogen) atoms. The maximum absolute atomic E-state index is 13.2. The van der Waals surface area contributed by atoms with E-state index in [9.17, 15) is 14.0 Å². The normalized spacial score (nSPS) is 10.8. The summed E-state index contributed by atoms with van der Waals surface area (Å²) in [6.45, 7) is 2.53. The lowest BCUT2D eigenvalue weighted by Gasteiger charge is -2.23. The summed E-state index contributed by atoms with van der Waals surface area (Å²) in [5.41, 5.74) is 3.62. The molecule has 4 aromatic rings. The Balaban J connectivity index is 1.64. The lowest BCUT2D eigenvalue weighted by molar-refractivity contribution is 0.206. The van der Waals surface area contributed by atoms with E-state index in [2.05, 4.69) is 23.3 Å². The molecule has 0 bridgehead atoms. The van der Waals surface area contributed by atoms with Crippen LogP contribution in [-0.2, 0) is 19.5 Å². The van der Waals surface area contributed by atoms with Crippen molar-refractivity contribution in [3.8, 4) is 0 Å². The minimum atomic E-state index is -0.377. The van der Waals surface area contributed by atoms with Crippen LogP contribution in [0.3, 0.4) is 0 Å². The van der Waals surface area contributed by atoms with E-state index in [0.717, 1.165) is 22.9 Å². The molecule has 0 saturated carbocycles. The predicted octanol–water partition coefficient (Wildman–Crippen LogP) is 5.46. The van der Waals surface area contributed by atoms with Crippen molar-refractivity contribution < 1.29 is 9.18 Å². The van der Waals surface area contributed by atoms with Gasteiger partial charge < -0.3 is 15.2 Å². The van der Waals surface area contributed by atoms with Crippen molar-refractivity contribution in [1.29, 1.82) is 0 Å². The van der Waals surface area contributed by atoms with Gasteiger partial charge in [-0.05, 0) is 65.4 Å². The highest BCUT2D eigenvalue weighted by molar-refractivity contribution is 5.89. The van der Waals surface area contributed by atoms with Crippen molar-refractivity contribution in [2.75, 3.05) is 5.32 Å². The van der Waals surface area contributed by atoms with Gasteiger partial charge in [0.1, 0.15) is 5.82 Å². The second-order valence-corrected chi connectivity index (χ2v) is 7.68. The van der Waals surface area contributed by atoms with Crippen LogP contribution in [0.25, 0.3) is 10.9 Å². The number of aryl methyl sites for hydroxylation is 1. The molecule has 0 spiro atoms. The van der Waals surface area contributed by atoms with Gasteiger partial charge in [-0.25, -0.2) is 9.18 Å². The van der Waals surface area contributed by atoms with Gasteiger partial charge in [0.25, 0.3) is 5.56 Å². The zero-order valence-corrected chi connectivity index (χ0v) is 17.8. The summed E-state index contributed by atoms with van der Waals surface area (Å²) >= 11 is 0. The molecule has 0 fully saturated rings. The van der Waals surface area contributed by atoms with Gasteiger partial charge in [-0.3, -0.25) is 4.79 Å². The van der Waals surface area contributed by atoms with Crippen molar-refractivity contribution in [2.45, 2.75) is 26.4 Å². The summed E-state index contributed by atoms with van der Waals surface area (Å²) in [5.74, 6) is -0.377. The van der Waals surface area contributed by atoms with E-state index in [1.165, 1.54) is 29.8 Å². The van der Waals surface area contributed by atoms with Crippen LogP contribution in [0.15, 0.2) is 83.7 Å². The molecule has 1 heterocycles. The quantitative estimate of drug-likeness (QED) is 0.427. The molecule has 2 amide bonds. The number of nitrogens with one attached hydrogen (secondary N) is 2. The molecule has 5 nitrogen and oxygen atoms in total. The summed E-state index contributed by atoms with van der Waals surface area (Å²) in [4.78, 5) is 30.3. The third-order valence-electron chi connectivity index (χ3n) is 5.35. The van der Waals surface area contributed by atoms with Crippen LogP contribution in [0, 0.1) is 5.82 Å². The second kappa shape index (κ2) is 9.47. The SMILES string of the molecule is CCc1ccc2[nH]c(=O)c(CN(Cc3ccccc3)C(=O)Nc3ccc(F)cc3)cc2c1. The van der Waals surface area contributed by atoms with Gasteiger partial charge in [-0.1, -0.05) is 43.3 Å². The van der Waals surface area contributed by atoms with Gasteiger partial charge in [0.15, 0.2) is 0 Å². The molecular formula is C26H24FN3O2. The lowest BCUT2D eigenvalue weighted by atomic mass is 10.1. The summed E-state index contributed by atoms with van der Waals surface area (Å²) in [6.07, 6.45) is 0.893. The summed E-state index contributed by atoms with van der Waals surface area (Å²) in [6, 6.07) is 22.6. The number of hydrogen-bond donors (Lipinski definition) is 2. The molecule has 3 aromatic carbocycles. The number of fused-ring (bicyclic) bond motifs is 1. The lowest BCUT2D eigenvalue weighted by Crippen LogP contribution is -2.35. The number of rotatable bonds is 6. The Morgan fingerprint density at radius 1 is 0.938 bits per heavy atom. The minimum absolute atomic E-state index is 0.129. The van der Waals surface area contributed by atoms with Gasteiger partial charge in [0, 0.05) is 23.3 Å². The molecule has 0 unspecified atom stereocenters. The van der Waals surface area contributed by atoms with Crippen LogP contribution in [0.4, 0.5) is 14.9 Å². The smallest absolute Gasteiger partial charge is 0.322 e. The number of aromatic nitrogens is 1. The van der Waals surface area contributed by atoms with Crippen molar-refractivity contribution in [3.63, 3.8) is 0 Å². The predicted molar refractivity (Wildman–Crippen MR) is 125 cm³/mol. The fourth-order valence-corrected chi connectivity index (χ4v) is 3.58. The summed E-state index contributed by atoms with van der Waals surface area (Å²) in [5, 5.41) is 3.72. The standard InChI is InChI=1S/C26H24FN3O2/c1-2-18-8-13-24-20(14-18)15-21(25(31)29-24)17-30(16-19-6-4-3-5-7-19)26(32)28-23-11-9-22(27)10-12-23/h3-15H,2,16-17H2,1H3,(H,28,32)(H,29,31). The molecular weight excluding hydrogens is 405 g/mol. The first-order valence-electron chi connectivity index (χ1n) is 10.5. The highest BCUT2D eigenvalue weighted by Crippen LogP contribution is 2.17. The molecule has 162 valence electrons.